The highest BCUT2D eigenvalue weighted by molar-refractivity contribution is 5.82. The average Bonchev–Trinajstić information content (AvgIpc) is 2.62. The van der Waals surface area contributed by atoms with E-state index < -0.39 is 0 Å². The molecule has 6 heteroatoms. The number of rotatable bonds is 7. The number of amides is 2. The van der Waals surface area contributed by atoms with Gasteiger partial charge in [0, 0.05) is 39.2 Å². The number of ether oxygens (including phenoxy) is 1. The molecule has 1 aromatic rings. The van der Waals surface area contributed by atoms with E-state index in [1.807, 2.05) is 37.2 Å². The summed E-state index contributed by atoms with van der Waals surface area (Å²) in [6.45, 7) is 2.56. The number of carbonyl (C=O) groups is 2. The first-order valence-electron chi connectivity index (χ1n) is 8.75. The van der Waals surface area contributed by atoms with Gasteiger partial charge in [0.15, 0.2) is 0 Å². The molecule has 2 unspecified atom stereocenters. The quantitative estimate of drug-likeness (QED) is 0.798. The third kappa shape index (κ3) is 5.83. The van der Waals surface area contributed by atoms with Crippen molar-refractivity contribution in [2.24, 2.45) is 5.92 Å². The van der Waals surface area contributed by atoms with Crippen LogP contribution in [-0.4, -0.2) is 75.6 Å². The number of likely N-dealkylation sites (tertiary alicyclic amines) is 1. The molecule has 2 amide bonds. The lowest BCUT2D eigenvalue weighted by atomic mass is 9.84. The minimum Gasteiger partial charge on any atom is -0.375 e. The van der Waals surface area contributed by atoms with E-state index in [2.05, 4.69) is 17.4 Å². The van der Waals surface area contributed by atoms with Crippen LogP contribution in [0.3, 0.4) is 0 Å². The predicted molar refractivity (Wildman–Crippen MR) is 97.3 cm³/mol. The first kappa shape index (κ1) is 19.4. The molecule has 6 nitrogen and oxygen atoms in total. The number of nitrogens with one attached hydrogen (secondary N) is 1. The highest BCUT2D eigenvalue weighted by Gasteiger charge is 2.34. The first-order chi connectivity index (χ1) is 12.0. The summed E-state index contributed by atoms with van der Waals surface area (Å²) in [5.41, 5.74) is 1.17. The number of carbonyl (C=O) groups excluding carboxylic acids is 2. The van der Waals surface area contributed by atoms with Gasteiger partial charge in [0.05, 0.1) is 5.92 Å². The smallest absolute Gasteiger partial charge is 0.248 e. The fourth-order valence-electron chi connectivity index (χ4n) is 3.22. The lowest BCUT2D eigenvalue weighted by Gasteiger charge is -2.37. The number of piperidine rings is 1. The molecule has 1 saturated heterocycles. The summed E-state index contributed by atoms with van der Waals surface area (Å²) in [4.78, 5) is 28.7. The summed E-state index contributed by atoms with van der Waals surface area (Å²) in [6.07, 6.45) is 0.759. The summed E-state index contributed by atoms with van der Waals surface area (Å²) in [7, 11) is 5.47. The van der Waals surface area contributed by atoms with Crippen molar-refractivity contribution in [3.63, 3.8) is 0 Å². The Hall–Kier alpha value is -1.92. The van der Waals surface area contributed by atoms with E-state index in [1.54, 1.807) is 4.90 Å². The zero-order chi connectivity index (χ0) is 18.2. The second-order valence-corrected chi connectivity index (χ2v) is 6.87. The van der Waals surface area contributed by atoms with Crippen LogP contribution in [0.2, 0.25) is 0 Å². The Morgan fingerprint density at radius 2 is 1.96 bits per heavy atom. The minimum atomic E-state index is -0.193. The molecule has 0 bridgehead atoms. The van der Waals surface area contributed by atoms with Crippen LogP contribution < -0.4 is 5.32 Å². The van der Waals surface area contributed by atoms with Crippen molar-refractivity contribution >= 4 is 11.8 Å². The molecule has 2 rings (SSSR count). The third-order valence-electron chi connectivity index (χ3n) is 4.57. The van der Waals surface area contributed by atoms with Crippen LogP contribution in [0.1, 0.15) is 17.9 Å². The maximum absolute atomic E-state index is 12.6. The maximum Gasteiger partial charge on any atom is 0.248 e. The molecule has 1 aliphatic rings. The van der Waals surface area contributed by atoms with E-state index in [9.17, 15) is 9.59 Å². The van der Waals surface area contributed by atoms with Gasteiger partial charge in [-0.05, 0) is 26.1 Å². The minimum absolute atomic E-state index is 0.0256. The zero-order valence-electron chi connectivity index (χ0n) is 15.4. The van der Waals surface area contributed by atoms with Gasteiger partial charge in [-0.1, -0.05) is 30.3 Å². The van der Waals surface area contributed by atoms with Crippen LogP contribution in [0.5, 0.6) is 0 Å². The van der Waals surface area contributed by atoms with Crippen LogP contribution in [0.15, 0.2) is 30.3 Å². The molecule has 0 aromatic heterocycles. The van der Waals surface area contributed by atoms with E-state index in [0.717, 1.165) is 13.0 Å². The van der Waals surface area contributed by atoms with Gasteiger partial charge in [-0.3, -0.25) is 9.59 Å². The highest BCUT2D eigenvalue weighted by Crippen LogP contribution is 2.30. The van der Waals surface area contributed by atoms with Crippen molar-refractivity contribution in [2.75, 3.05) is 54.0 Å². The Morgan fingerprint density at radius 3 is 2.60 bits per heavy atom. The van der Waals surface area contributed by atoms with Crippen molar-refractivity contribution in [1.29, 1.82) is 0 Å². The second-order valence-electron chi connectivity index (χ2n) is 6.87. The monoisotopic (exact) mass is 347 g/mol. The lowest BCUT2D eigenvalue weighted by molar-refractivity contribution is -0.139. The number of methoxy groups -OCH3 is 1. The Balaban J connectivity index is 2.07. The van der Waals surface area contributed by atoms with Crippen molar-refractivity contribution in [3.05, 3.63) is 35.9 Å². The molecule has 0 saturated carbocycles. The van der Waals surface area contributed by atoms with Gasteiger partial charge in [-0.25, -0.2) is 0 Å². The fourth-order valence-corrected chi connectivity index (χ4v) is 3.22. The van der Waals surface area contributed by atoms with Gasteiger partial charge >= 0.3 is 0 Å². The lowest BCUT2D eigenvalue weighted by Crippen LogP contribution is -2.49. The largest absolute Gasteiger partial charge is 0.375 e. The number of nitrogens with zero attached hydrogens (tertiary/aromatic N) is 2. The molecule has 1 aromatic carbocycles. The van der Waals surface area contributed by atoms with Crippen molar-refractivity contribution in [2.45, 2.75) is 12.3 Å². The Morgan fingerprint density at radius 1 is 1.24 bits per heavy atom. The zero-order valence-corrected chi connectivity index (χ0v) is 15.4. The molecule has 138 valence electrons. The maximum atomic E-state index is 12.6. The standard InChI is InChI=1S/C19H29N3O3/c1-21(2)10-9-20-19(24)17-11-16(15-7-5-4-6-8-15)12-22(13-17)18(23)14-25-3/h4-8,16-17H,9-14H2,1-3H3,(H,20,24). The Kier molecular flexibility index (Phi) is 7.40. The average molecular weight is 347 g/mol. The molecule has 1 fully saturated rings. The summed E-state index contributed by atoms with van der Waals surface area (Å²) >= 11 is 0. The fraction of sp³-hybridized carbons (Fsp3) is 0.579. The van der Waals surface area contributed by atoms with Crippen molar-refractivity contribution < 1.29 is 14.3 Å². The Bertz CT molecular complexity index is 562. The molecule has 1 aliphatic heterocycles. The van der Waals surface area contributed by atoms with Gasteiger partial charge in [0.25, 0.3) is 0 Å². The van der Waals surface area contributed by atoms with E-state index >= 15 is 0 Å². The summed E-state index contributed by atoms with van der Waals surface area (Å²) < 4.78 is 4.99. The van der Waals surface area contributed by atoms with E-state index in [4.69, 9.17) is 4.74 Å². The predicted octanol–water partition coefficient (Wildman–Crippen LogP) is 0.943. The number of benzene rings is 1. The first-order valence-corrected chi connectivity index (χ1v) is 8.75. The van der Waals surface area contributed by atoms with E-state index in [1.165, 1.54) is 12.7 Å². The van der Waals surface area contributed by atoms with Gasteiger partial charge in [-0.15, -0.1) is 0 Å². The van der Waals surface area contributed by atoms with Gasteiger partial charge in [-0.2, -0.15) is 0 Å². The Labute approximate surface area is 150 Å². The van der Waals surface area contributed by atoms with E-state index in [0.29, 0.717) is 19.6 Å². The molecule has 1 N–H and O–H groups in total. The van der Waals surface area contributed by atoms with Crippen molar-refractivity contribution in [3.8, 4) is 0 Å². The summed E-state index contributed by atoms with van der Waals surface area (Å²) in [5.74, 6) is -0.0609. The number of hydrogen-bond donors (Lipinski definition) is 1. The highest BCUT2D eigenvalue weighted by atomic mass is 16.5. The topological polar surface area (TPSA) is 61.9 Å². The van der Waals surface area contributed by atoms with Crippen LogP contribution in [0.25, 0.3) is 0 Å². The van der Waals surface area contributed by atoms with E-state index in [-0.39, 0.29) is 30.3 Å². The van der Waals surface area contributed by atoms with Crippen molar-refractivity contribution in [1.82, 2.24) is 15.1 Å². The second kappa shape index (κ2) is 9.53. The SMILES string of the molecule is COCC(=O)N1CC(C(=O)NCCN(C)C)CC(c2ccccc2)C1. The molecule has 1 heterocycles. The third-order valence-corrected chi connectivity index (χ3v) is 4.57. The van der Waals surface area contributed by atoms with Gasteiger partial charge in [0.1, 0.15) is 6.61 Å². The summed E-state index contributed by atoms with van der Waals surface area (Å²) in [5, 5.41) is 3.00. The molecule has 0 spiro atoms. The van der Waals surface area contributed by atoms with Gasteiger partial charge in [0.2, 0.25) is 11.8 Å². The number of likely N-dealkylation sites (N-methyl/N-ethyl adjacent to an activating group) is 1. The van der Waals surface area contributed by atoms with Crippen LogP contribution in [0.4, 0.5) is 0 Å². The molecule has 2 atom stereocenters. The number of hydrogen-bond acceptors (Lipinski definition) is 4. The molecular weight excluding hydrogens is 318 g/mol. The van der Waals surface area contributed by atoms with Crippen LogP contribution >= 0.6 is 0 Å². The molecule has 0 aliphatic carbocycles. The van der Waals surface area contributed by atoms with Crippen LogP contribution in [-0.2, 0) is 14.3 Å². The molecule has 0 radical (unpaired) electrons. The van der Waals surface area contributed by atoms with Crippen LogP contribution in [0, 0.1) is 5.92 Å². The van der Waals surface area contributed by atoms with Gasteiger partial charge < -0.3 is 19.9 Å². The summed E-state index contributed by atoms with van der Waals surface area (Å²) in [6, 6.07) is 10.1. The normalized spacial score (nSPS) is 20.6. The molecular formula is C19H29N3O3. The molecule has 25 heavy (non-hydrogen) atoms.